The Labute approximate surface area is 220 Å². The van der Waals surface area contributed by atoms with Crippen LogP contribution in [0.1, 0.15) is 72.9 Å². The molecular formula is C27H42N4O6. The molecule has 10 nitrogen and oxygen atoms in total. The molecule has 0 bridgehead atoms. The SMILES string of the molecule is CN1C(=O)CN(C(=O)OC(C)(C)C)c2nc(CCCCCO[C@@H]3CCN(C(=O)OC(C)(C)C)C3)ccc21. The van der Waals surface area contributed by atoms with Crippen LogP contribution in [0.3, 0.4) is 0 Å². The number of amides is 3. The van der Waals surface area contributed by atoms with Gasteiger partial charge in [0.2, 0.25) is 5.91 Å². The third-order valence-electron chi connectivity index (χ3n) is 6.04. The van der Waals surface area contributed by atoms with E-state index in [4.69, 9.17) is 19.2 Å². The van der Waals surface area contributed by atoms with Gasteiger partial charge in [-0.3, -0.25) is 9.69 Å². The smallest absolute Gasteiger partial charge is 0.416 e. The number of carbonyl (C=O) groups excluding carboxylic acids is 3. The van der Waals surface area contributed by atoms with Crippen LogP contribution >= 0.6 is 0 Å². The zero-order valence-corrected chi connectivity index (χ0v) is 23.3. The van der Waals surface area contributed by atoms with Gasteiger partial charge in [-0.1, -0.05) is 6.42 Å². The van der Waals surface area contributed by atoms with Crippen LogP contribution in [0.25, 0.3) is 0 Å². The second-order valence-electron chi connectivity index (χ2n) is 11.7. The fourth-order valence-corrected chi connectivity index (χ4v) is 4.19. The number of fused-ring (bicyclic) bond motifs is 1. The molecule has 0 saturated carbocycles. The number of hydrogen-bond donors (Lipinski definition) is 0. The minimum absolute atomic E-state index is 0.0494. The standard InChI is InChI=1S/C27H42N4O6/c1-26(2,3)36-24(33)30-15-14-20(17-30)35-16-10-8-9-11-19-12-13-21-23(28-19)31(18-22(32)29(21)7)25(34)37-27(4,5)6/h12-13,20H,8-11,14-18H2,1-7H3/t20-/m1/s1. The summed E-state index contributed by atoms with van der Waals surface area (Å²) in [4.78, 5) is 46.6. The topological polar surface area (TPSA) is 102 Å². The largest absolute Gasteiger partial charge is 0.444 e. The number of rotatable bonds is 7. The summed E-state index contributed by atoms with van der Waals surface area (Å²) in [6.07, 6.45) is 3.57. The first kappa shape index (κ1) is 28.7. The molecule has 10 heteroatoms. The summed E-state index contributed by atoms with van der Waals surface area (Å²) in [5.74, 6) is 0.261. The highest BCUT2D eigenvalue weighted by atomic mass is 16.6. The summed E-state index contributed by atoms with van der Waals surface area (Å²) in [5.41, 5.74) is 0.288. The Morgan fingerprint density at radius 1 is 1.00 bits per heavy atom. The zero-order valence-electron chi connectivity index (χ0n) is 23.3. The molecule has 2 aliphatic rings. The number of aromatic nitrogens is 1. The van der Waals surface area contributed by atoms with E-state index in [9.17, 15) is 14.4 Å². The van der Waals surface area contributed by atoms with E-state index >= 15 is 0 Å². The first-order valence-corrected chi connectivity index (χ1v) is 13.1. The molecule has 1 saturated heterocycles. The van der Waals surface area contributed by atoms with Crippen molar-refractivity contribution < 1.29 is 28.6 Å². The maximum Gasteiger partial charge on any atom is 0.416 e. The fraction of sp³-hybridized carbons (Fsp3) is 0.704. The lowest BCUT2D eigenvalue weighted by Gasteiger charge is -2.34. The van der Waals surface area contributed by atoms with Gasteiger partial charge in [-0.15, -0.1) is 0 Å². The van der Waals surface area contributed by atoms with E-state index in [0.717, 1.165) is 37.8 Å². The molecule has 206 valence electrons. The van der Waals surface area contributed by atoms with E-state index in [2.05, 4.69) is 0 Å². The van der Waals surface area contributed by atoms with Gasteiger partial charge < -0.3 is 24.0 Å². The summed E-state index contributed by atoms with van der Waals surface area (Å²) in [5, 5.41) is 0. The van der Waals surface area contributed by atoms with Crippen molar-refractivity contribution in [2.45, 2.75) is 91.0 Å². The molecule has 0 unspecified atom stereocenters. The summed E-state index contributed by atoms with van der Waals surface area (Å²) >= 11 is 0. The van der Waals surface area contributed by atoms with E-state index in [1.54, 1.807) is 32.7 Å². The number of likely N-dealkylation sites (N-methyl/N-ethyl adjacent to an activating group) is 1. The van der Waals surface area contributed by atoms with Gasteiger partial charge in [-0.25, -0.2) is 14.6 Å². The van der Waals surface area contributed by atoms with Crippen LogP contribution in [0.2, 0.25) is 0 Å². The van der Waals surface area contributed by atoms with Crippen LogP contribution in [0, 0.1) is 0 Å². The predicted octanol–water partition coefficient (Wildman–Crippen LogP) is 4.54. The number of nitrogens with zero attached hydrogens (tertiary/aromatic N) is 4. The second kappa shape index (κ2) is 11.7. The highest BCUT2D eigenvalue weighted by molar-refractivity contribution is 6.08. The number of unbranched alkanes of at least 4 members (excludes halogenated alkanes) is 2. The van der Waals surface area contributed by atoms with Gasteiger partial charge in [0, 0.05) is 25.9 Å². The molecule has 0 aliphatic carbocycles. The first-order valence-electron chi connectivity index (χ1n) is 13.1. The van der Waals surface area contributed by atoms with Crippen molar-refractivity contribution in [1.29, 1.82) is 0 Å². The molecule has 3 rings (SSSR count). The predicted molar refractivity (Wildman–Crippen MR) is 141 cm³/mol. The Morgan fingerprint density at radius 3 is 2.35 bits per heavy atom. The van der Waals surface area contributed by atoms with Gasteiger partial charge in [0.25, 0.3) is 0 Å². The van der Waals surface area contributed by atoms with Crippen molar-refractivity contribution >= 4 is 29.6 Å². The quantitative estimate of drug-likeness (QED) is 0.489. The molecular weight excluding hydrogens is 476 g/mol. The van der Waals surface area contributed by atoms with Crippen LogP contribution in [0.4, 0.5) is 21.1 Å². The molecule has 2 aliphatic heterocycles. The van der Waals surface area contributed by atoms with E-state index in [1.165, 1.54) is 9.80 Å². The van der Waals surface area contributed by atoms with Crippen molar-refractivity contribution in [3.05, 3.63) is 17.8 Å². The Hall–Kier alpha value is -2.88. The summed E-state index contributed by atoms with van der Waals surface area (Å²) in [6.45, 7) is 12.7. The van der Waals surface area contributed by atoms with Crippen LogP contribution in [-0.4, -0.2) is 78.6 Å². The second-order valence-corrected chi connectivity index (χ2v) is 11.7. The van der Waals surface area contributed by atoms with Crippen molar-refractivity contribution in [2.24, 2.45) is 0 Å². The Morgan fingerprint density at radius 2 is 1.68 bits per heavy atom. The third-order valence-corrected chi connectivity index (χ3v) is 6.04. The number of anilines is 2. The van der Waals surface area contributed by atoms with Crippen LogP contribution in [0.5, 0.6) is 0 Å². The van der Waals surface area contributed by atoms with Crippen molar-refractivity contribution in [2.75, 3.05) is 43.1 Å². The number of carbonyl (C=O) groups is 3. The average molecular weight is 519 g/mol. The van der Waals surface area contributed by atoms with Gasteiger partial charge in [-0.05, 0) is 79.4 Å². The van der Waals surface area contributed by atoms with Gasteiger partial charge in [-0.2, -0.15) is 0 Å². The number of pyridine rings is 1. The van der Waals surface area contributed by atoms with E-state index in [0.29, 0.717) is 31.2 Å². The number of aryl methyl sites for hydroxylation is 1. The number of likely N-dealkylation sites (tertiary alicyclic amines) is 1. The van der Waals surface area contributed by atoms with E-state index in [-0.39, 0.29) is 24.6 Å². The highest BCUT2D eigenvalue weighted by Gasteiger charge is 2.35. The average Bonchev–Trinajstić information content (AvgIpc) is 3.25. The van der Waals surface area contributed by atoms with Gasteiger partial charge >= 0.3 is 12.2 Å². The van der Waals surface area contributed by atoms with Crippen molar-refractivity contribution in [3.63, 3.8) is 0 Å². The molecule has 1 fully saturated rings. The van der Waals surface area contributed by atoms with Crippen LogP contribution in [-0.2, 0) is 25.4 Å². The Bertz CT molecular complexity index is 984. The van der Waals surface area contributed by atoms with E-state index in [1.807, 2.05) is 32.9 Å². The summed E-state index contributed by atoms with van der Waals surface area (Å²) < 4.78 is 16.9. The molecule has 3 heterocycles. The fourth-order valence-electron chi connectivity index (χ4n) is 4.19. The molecule has 3 amide bonds. The number of hydrogen-bond acceptors (Lipinski definition) is 7. The molecule has 0 spiro atoms. The normalized spacial score (nSPS) is 18.2. The molecule has 0 radical (unpaired) electrons. The zero-order chi connectivity index (χ0) is 27.4. The van der Waals surface area contributed by atoms with Crippen LogP contribution < -0.4 is 9.80 Å². The third kappa shape index (κ3) is 8.31. The van der Waals surface area contributed by atoms with Gasteiger partial charge in [0.15, 0.2) is 5.82 Å². The minimum Gasteiger partial charge on any atom is -0.444 e. The van der Waals surface area contributed by atoms with Gasteiger partial charge in [0.05, 0.1) is 18.3 Å². The lowest BCUT2D eigenvalue weighted by atomic mass is 10.1. The maximum atomic E-state index is 12.8. The van der Waals surface area contributed by atoms with E-state index < -0.39 is 17.3 Å². The molecule has 0 aromatic carbocycles. The lowest BCUT2D eigenvalue weighted by Crippen LogP contribution is -2.48. The highest BCUT2D eigenvalue weighted by Crippen LogP contribution is 2.32. The van der Waals surface area contributed by atoms with Gasteiger partial charge in [0.1, 0.15) is 17.7 Å². The van der Waals surface area contributed by atoms with Crippen molar-refractivity contribution in [3.8, 4) is 0 Å². The van der Waals surface area contributed by atoms with Crippen molar-refractivity contribution in [1.82, 2.24) is 9.88 Å². The molecule has 0 N–H and O–H groups in total. The molecule has 37 heavy (non-hydrogen) atoms. The Balaban J connectivity index is 1.45. The maximum absolute atomic E-state index is 12.8. The summed E-state index contributed by atoms with van der Waals surface area (Å²) in [6, 6.07) is 3.74. The molecule has 1 atom stereocenters. The summed E-state index contributed by atoms with van der Waals surface area (Å²) in [7, 11) is 1.69. The minimum atomic E-state index is -0.671. The molecule has 1 aromatic heterocycles. The first-order chi connectivity index (χ1) is 17.2. The number of ether oxygens (including phenoxy) is 3. The monoisotopic (exact) mass is 518 g/mol. The Kier molecular flexibility index (Phi) is 9.05. The van der Waals surface area contributed by atoms with Crippen LogP contribution in [0.15, 0.2) is 12.1 Å². The lowest BCUT2D eigenvalue weighted by molar-refractivity contribution is -0.117. The molecule has 1 aromatic rings.